The monoisotopic (exact) mass is 267 g/mol. The van der Waals surface area contributed by atoms with Gasteiger partial charge >= 0.3 is 5.97 Å². The Morgan fingerprint density at radius 1 is 1.26 bits per heavy atom. The van der Waals surface area contributed by atoms with Crippen LogP contribution in [0.3, 0.4) is 0 Å². The molecule has 19 heavy (non-hydrogen) atoms. The summed E-state index contributed by atoms with van der Waals surface area (Å²) in [6.45, 7) is 0.218. The van der Waals surface area contributed by atoms with Gasteiger partial charge in [0.2, 0.25) is 6.35 Å². The van der Waals surface area contributed by atoms with Crippen LogP contribution in [0.25, 0.3) is 0 Å². The number of nitrogens with zero attached hydrogens (tertiary/aromatic N) is 3. The third-order valence-electron chi connectivity index (χ3n) is 3.02. The number of likely N-dealkylation sites (N-methyl/N-ethyl adjacent to an activating group) is 1. The normalized spacial score (nSPS) is 26.3. The summed E-state index contributed by atoms with van der Waals surface area (Å²) in [6.07, 6.45) is -2.33. The molecule has 0 bridgehead atoms. The van der Waals surface area contributed by atoms with Crippen molar-refractivity contribution in [3.8, 4) is 0 Å². The van der Waals surface area contributed by atoms with E-state index in [0.717, 1.165) is 5.06 Å². The highest BCUT2D eigenvalue weighted by molar-refractivity contribution is 5.89. The van der Waals surface area contributed by atoms with Crippen molar-refractivity contribution in [1.29, 1.82) is 0 Å². The number of hydroxylamine groups is 2. The minimum absolute atomic E-state index is 0.218. The van der Waals surface area contributed by atoms with Gasteiger partial charge in [-0.15, -0.1) is 0 Å². The molecule has 1 saturated heterocycles. The van der Waals surface area contributed by atoms with Crippen LogP contribution in [0.15, 0.2) is 30.3 Å². The van der Waals surface area contributed by atoms with E-state index in [-0.39, 0.29) is 6.54 Å². The highest BCUT2D eigenvalue weighted by Crippen LogP contribution is 2.16. The molecule has 1 heterocycles. The molecule has 7 heteroatoms. The van der Waals surface area contributed by atoms with Crippen molar-refractivity contribution < 1.29 is 19.8 Å². The van der Waals surface area contributed by atoms with Crippen LogP contribution in [0.4, 0.5) is 0 Å². The summed E-state index contributed by atoms with van der Waals surface area (Å²) in [5, 5.41) is 23.7. The minimum Gasteiger partial charge on any atom is -0.374 e. The van der Waals surface area contributed by atoms with Crippen LogP contribution >= 0.6 is 0 Å². The Balaban J connectivity index is 2.08. The number of hydrazine groups is 1. The fourth-order valence-corrected chi connectivity index (χ4v) is 1.77. The number of benzene rings is 1. The maximum absolute atomic E-state index is 11.9. The lowest BCUT2D eigenvalue weighted by molar-refractivity contribution is -0.362. The molecule has 0 radical (unpaired) electrons. The summed E-state index contributed by atoms with van der Waals surface area (Å²) in [7, 11) is 3.34. The molecule has 104 valence electrons. The molecule has 0 spiro atoms. The van der Waals surface area contributed by atoms with Crippen LogP contribution in [-0.2, 0) is 4.84 Å². The average molecular weight is 267 g/mol. The number of rotatable bonds is 2. The van der Waals surface area contributed by atoms with E-state index in [2.05, 4.69) is 0 Å². The Morgan fingerprint density at radius 2 is 1.89 bits per heavy atom. The largest absolute Gasteiger partial charge is 0.374 e. The molecular formula is C12H17N3O4. The van der Waals surface area contributed by atoms with Crippen molar-refractivity contribution in [1.82, 2.24) is 15.1 Å². The molecule has 1 aliphatic rings. The number of carbonyl (C=O) groups is 1. The Hall–Kier alpha value is -1.51. The number of carbonyl (C=O) groups excluding carboxylic acids is 1. The van der Waals surface area contributed by atoms with Crippen LogP contribution < -0.4 is 0 Å². The lowest BCUT2D eigenvalue weighted by Crippen LogP contribution is -2.64. The first-order valence-corrected chi connectivity index (χ1v) is 5.86. The number of aliphatic hydroxyl groups excluding tert-OH is 2. The SMILES string of the molecule is CN1CC(O)N(OC(=O)c2ccccc2)C(O)N1C. The molecule has 2 N–H and O–H groups in total. The average Bonchev–Trinajstić information content (AvgIpc) is 2.42. The fourth-order valence-electron chi connectivity index (χ4n) is 1.77. The zero-order chi connectivity index (χ0) is 14.0. The highest BCUT2D eigenvalue weighted by Gasteiger charge is 2.38. The van der Waals surface area contributed by atoms with E-state index >= 15 is 0 Å². The topological polar surface area (TPSA) is 76.5 Å². The number of hydrogen-bond acceptors (Lipinski definition) is 7. The quantitative estimate of drug-likeness (QED) is 0.744. The Bertz CT molecular complexity index is 442. The summed E-state index contributed by atoms with van der Waals surface area (Å²) in [5.74, 6) is -0.628. The third kappa shape index (κ3) is 2.91. The molecule has 0 saturated carbocycles. The Kier molecular flexibility index (Phi) is 4.13. The first-order chi connectivity index (χ1) is 9.00. The van der Waals surface area contributed by atoms with Crippen LogP contribution in [0.1, 0.15) is 10.4 Å². The maximum Gasteiger partial charge on any atom is 0.357 e. The van der Waals surface area contributed by atoms with Crippen molar-refractivity contribution >= 4 is 5.97 Å². The zero-order valence-corrected chi connectivity index (χ0v) is 10.8. The molecule has 1 aromatic rings. The molecule has 0 aliphatic carbocycles. The van der Waals surface area contributed by atoms with Crippen molar-refractivity contribution in [2.45, 2.75) is 12.6 Å². The van der Waals surface area contributed by atoms with Gasteiger partial charge in [0.05, 0.1) is 12.1 Å². The van der Waals surface area contributed by atoms with Crippen LogP contribution in [-0.4, -0.2) is 64.5 Å². The van der Waals surface area contributed by atoms with Crippen molar-refractivity contribution in [2.75, 3.05) is 20.6 Å². The number of β-amino-alcohol motifs (C(OH)–C–C–N with tert-alkyl or cyclic N) is 1. The predicted octanol–water partition coefficient (Wildman–Crippen LogP) is -0.553. The van der Waals surface area contributed by atoms with E-state index in [1.165, 1.54) is 5.01 Å². The van der Waals surface area contributed by atoms with E-state index in [4.69, 9.17) is 4.84 Å². The summed E-state index contributed by atoms with van der Waals surface area (Å²) in [6, 6.07) is 8.39. The summed E-state index contributed by atoms with van der Waals surface area (Å²) in [4.78, 5) is 16.9. The van der Waals surface area contributed by atoms with E-state index in [0.29, 0.717) is 5.56 Å². The molecule has 7 nitrogen and oxygen atoms in total. The van der Waals surface area contributed by atoms with Gasteiger partial charge in [0, 0.05) is 14.1 Å². The van der Waals surface area contributed by atoms with Crippen LogP contribution in [0.2, 0.25) is 0 Å². The third-order valence-corrected chi connectivity index (χ3v) is 3.02. The summed E-state index contributed by atoms with van der Waals surface area (Å²) >= 11 is 0. The Morgan fingerprint density at radius 3 is 2.53 bits per heavy atom. The molecule has 0 aromatic heterocycles. The first kappa shape index (κ1) is 13.9. The molecule has 2 atom stereocenters. The highest BCUT2D eigenvalue weighted by atomic mass is 16.7. The first-order valence-electron chi connectivity index (χ1n) is 5.86. The van der Waals surface area contributed by atoms with Crippen LogP contribution in [0.5, 0.6) is 0 Å². The second-order valence-electron chi connectivity index (χ2n) is 4.35. The van der Waals surface area contributed by atoms with Gasteiger partial charge in [-0.3, -0.25) is 0 Å². The van der Waals surface area contributed by atoms with Crippen molar-refractivity contribution in [3.63, 3.8) is 0 Å². The molecule has 2 unspecified atom stereocenters. The summed E-state index contributed by atoms with van der Waals surface area (Å²) in [5.41, 5.74) is 0.350. The molecule has 2 rings (SSSR count). The number of hydrogen-bond donors (Lipinski definition) is 2. The van der Waals surface area contributed by atoms with Gasteiger partial charge in [-0.05, 0) is 12.1 Å². The van der Waals surface area contributed by atoms with E-state index < -0.39 is 18.5 Å². The molecule has 0 amide bonds. The lowest BCUT2D eigenvalue weighted by Gasteiger charge is -2.44. The summed E-state index contributed by atoms with van der Waals surface area (Å²) < 4.78 is 0. The second kappa shape index (κ2) is 5.64. The predicted molar refractivity (Wildman–Crippen MR) is 66.1 cm³/mol. The number of aliphatic hydroxyl groups is 2. The van der Waals surface area contributed by atoms with E-state index in [1.807, 2.05) is 0 Å². The maximum atomic E-state index is 11.9. The minimum atomic E-state index is -1.23. The Labute approximate surface area is 111 Å². The van der Waals surface area contributed by atoms with E-state index in [9.17, 15) is 15.0 Å². The molecule has 1 aromatic carbocycles. The van der Waals surface area contributed by atoms with Crippen LogP contribution in [0, 0.1) is 0 Å². The van der Waals surface area contributed by atoms with Gasteiger partial charge in [0.1, 0.15) is 0 Å². The second-order valence-corrected chi connectivity index (χ2v) is 4.35. The molecule has 1 aliphatic heterocycles. The van der Waals surface area contributed by atoms with Crippen molar-refractivity contribution in [3.05, 3.63) is 35.9 Å². The smallest absolute Gasteiger partial charge is 0.357 e. The van der Waals surface area contributed by atoms with Gasteiger partial charge in [0.25, 0.3) is 0 Å². The van der Waals surface area contributed by atoms with Gasteiger partial charge in [-0.1, -0.05) is 23.3 Å². The van der Waals surface area contributed by atoms with Gasteiger partial charge < -0.3 is 15.1 Å². The molecule has 1 fully saturated rings. The lowest BCUT2D eigenvalue weighted by atomic mass is 10.2. The van der Waals surface area contributed by atoms with Gasteiger partial charge in [-0.25, -0.2) is 14.8 Å². The fraction of sp³-hybridized carbons (Fsp3) is 0.417. The standard InChI is InChI=1S/C12H17N3O4/c1-13-8-10(16)15(12(18)14(13)2)19-11(17)9-6-4-3-5-7-9/h3-7,10,12,16,18H,8H2,1-2H3. The zero-order valence-electron chi connectivity index (χ0n) is 10.8. The molecular weight excluding hydrogens is 250 g/mol. The van der Waals surface area contributed by atoms with E-state index in [1.54, 1.807) is 49.4 Å². The van der Waals surface area contributed by atoms with Crippen molar-refractivity contribution in [2.24, 2.45) is 0 Å². The van der Waals surface area contributed by atoms with Gasteiger partial charge in [0.15, 0.2) is 6.23 Å². The van der Waals surface area contributed by atoms with Gasteiger partial charge in [-0.2, -0.15) is 0 Å².